The van der Waals surface area contributed by atoms with Crippen molar-refractivity contribution in [1.82, 2.24) is 9.88 Å². The quantitative estimate of drug-likeness (QED) is 0.864. The summed E-state index contributed by atoms with van der Waals surface area (Å²) in [4.78, 5) is 20.6. The summed E-state index contributed by atoms with van der Waals surface area (Å²) in [5.74, 6) is -5.01. The smallest absolute Gasteiger partial charge is 0.257 e. The molecule has 0 radical (unpaired) electrons. The summed E-state index contributed by atoms with van der Waals surface area (Å²) in [6.07, 6.45) is 2.99. The fourth-order valence-electron chi connectivity index (χ4n) is 2.61. The number of benzene rings is 1. The summed E-state index contributed by atoms with van der Waals surface area (Å²) in [7, 11) is 2.04. The first kappa shape index (κ1) is 17.2. The Labute approximate surface area is 143 Å². The van der Waals surface area contributed by atoms with Crippen LogP contribution in [0.15, 0.2) is 30.6 Å². The Morgan fingerprint density at radius 2 is 1.80 bits per heavy atom. The lowest BCUT2D eigenvalue weighted by atomic mass is 10.2. The highest BCUT2D eigenvalue weighted by atomic mass is 19.2. The van der Waals surface area contributed by atoms with E-state index in [1.54, 1.807) is 12.3 Å². The summed E-state index contributed by atoms with van der Waals surface area (Å²) in [5.41, 5.74) is 0.570. The highest BCUT2D eigenvalue weighted by Gasteiger charge is 2.18. The largest absolute Gasteiger partial charge is 0.368 e. The van der Waals surface area contributed by atoms with E-state index in [-0.39, 0.29) is 5.56 Å². The lowest BCUT2D eigenvalue weighted by Crippen LogP contribution is -2.44. The molecule has 0 atom stereocenters. The third-order valence-corrected chi connectivity index (χ3v) is 4.14. The summed E-state index contributed by atoms with van der Waals surface area (Å²) < 4.78 is 39.9. The SMILES string of the molecule is CN1CCN(c2cncc(C(=O)Nc3ccc(F)c(F)c3F)c2)CC1. The maximum absolute atomic E-state index is 13.7. The summed E-state index contributed by atoms with van der Waals surface area (Å²) in [6, 6.07) is 3.38. The topological polar surface area (TPSA) is 48.5 Å². The van der Waals surface area contributed by atoms with Gasteiger partial charge in [0.2, 0.25) is 0 Å². The molecule has 0 aliphatic carbocycles. The number of carbonyl (C=O) groups is 1. The van der Waals surface area contributed by atoms with Crippen molar-refractivity contribution in [3.8, 4) is 0 Å². The van der Waals surface area contributed by atoms with E-state index in [1.165, 1.54) is 6.20 Å². The number of nitrogens with one attached hydrogen (secondary N) is 1. The summed E-state index contributed by atoms with van der Waals surface area (Å²) in [6.45, 7) is 3.41. The molecule has 132 valence electrons. The predicted octanol–water partition coefficient (Wildman–Crippen LogP) is 2.50. The maximum Gasteiger partial charge on any atom is 0.257 e. The van der Waals surface area contributed by atoms with Gasteiger partial charge in [-0.05, 0) is 25.2 Å². The second kappa shape index (κ2) is 7.10. The van der Waals surface area contributed by atoms with E-state index < -0.39 is 29.0 Å². The Bertz CT molecular complexity index is 791. The molecule has 1 aromatic carbocycles. The molecule has 1 aromatic heterocycles. The molecule has 2 heterocycles. The van der Waals surface area contributed by atoms with Crippen molar-refractivity contribution in [2.75, 3.05) is 43.4 Å². The Morgan fingerprint density at radius 3 is 2.52 bits per heavy atom. The van der Waals surface area contributed by atoms with Gasteiger partial charge in [-0.15, -0.1) is 0 Å². The fourth-order valence-corrected chi connectivity index (χ4v) is 2.61. The maximum atomic E-state index is 13.7. The molecular weight excluding hydrogens is 333 g/mol. The number of hydrogen-bond acceptors (Lipinski definition) is 4. The number of piperazine rings is 1. The zero-order valence-corrected chi connectivity index (χ0v) is 13.6. The van der Waals surface area contributed by atoms with Crippen LogP contribution in [0.1, 0.15) is 10.4 Å². The van der Waals surface area contributed by atoms with Crippen LogP contribution in [0.2, 0.25) is 0 Å². The molecule has 1 saturated heterocycles. The van der Waals surface area contributed by atoms with Crippen LogP contribution in [0.3, 0.4) is 0 Å². The Kier molecular flexibility index (Phi) is 4.89. The molecule has 1 amide bonds. The van der Waals surface area contributed by atoms with Crippen LogP contribution >= 0.6 is 0 Å². The molecule has 0 spiro atoms. The highest BCUT2D eigenvalue weighted by Crippen LogP contribution is 2.21. The molecule has 8 heteroatoms. The average molecular weight is 350 g/mol. The second-order valence-electron chi connectivity index (χ2n) is 5.90. The third kappa shape index (κ3) is 3.74. The van der Waals surface area contributed by atoms with Gasteiger partial charge >= 0.3 is 0 Å². The molecule has 1 N–H and O–H groups in total. The number of halogens is 3. The van der Waals surface area contributed by atoms with Crippen LogP contribution in [0.5, 0.6) is 0 Å². The van der Waals surface area contributed by atoms with Crippen LogP contribution in [-0.4, -0.2) is 49.0 Å². The number of rotatable bonds is 3. The average Bonchev–Trinajstić information content (AvgIpc) is 2.63. The highest BCUT2D eigenvalue weighted by molar-refractivity contribution is 6.04. The molecule has 1 aliphatic rings. The summed E-state index contributed by atoms with van der Waals surface area (Å²) in [5, 5.41) is 2.24. The minimum Gasteiger partial charge on any atom is -0.368 e. The van der Waals surface area contributed by atoms with Crippen LogP contribution in [0, 0.1) is 17.5 Å². The molecule has 1 fully saturated rings. The molecule has 0 bridgehead atoms. The molecule has 25 heavy (non-hydrogen) atoms. The van der Waals surface area contributed by atoms with E-state index in [0.717, 1.165) is 44.0 Å². The standard InChI is InChI=1S/C17H17F3N4O/c1-23-4-6-24(7-5-23)12-8-11(9-21-10-12)17(25)22-14-3-2-13(18)15(19)16(14)20/h2-3,8-10H,4-7H2,1H3,(H,22,25). The van der Waals surface area contributed by atoms with E-state index in [2.05, 4.69) is 20.1 Å². The van der Waals surface area contributed by atoms with Crippen molar-refractivity contribution in [2.24, 2.45) is 0 Å². The molecule has 1 aliphatic heterocycles. The van der Waals surface area contributed by atoms with E-state index in [9.17, 15) is 18.0 Å². The van der Waals surface area contributed by atoms with E-state index in [4.69, 9.17) is 0 Å². The first-order valence-corrected chi connectivity index (χ1v) is 7.79. The normalized spacial score (nSPS) is 15.3. The van der Waals surface area contributed by atoms with Gasteiger partial charge in [0.15, 0.2) is 17.5 Å². The van der Waals surface area contributed by atoms with Crippen LogP contribution in [-0.2, 0) is 0 Å². The summed E-state index contributed by atoms with van der Waals surface area (Å²) >= 11 is 0. The van der Waals surface area contributed by atoms with E-state index >= 15 is 0 Å². The first-order valence-electron chi connectivity index (χ1n) is 7.79. The van der Waals surface area contributed by atoms with Crippen molar-refractivity contribution in [1.29, 1.82) is 0 Å². The number of nitrogens with zero attached hydrogens (tertiary/aromatic N) is 3. The minimum atomic E-state index is -1.62. The van der Waals surface area contributed by atoms with Crippen molar-refractivity contribution >= 4 is 17.3 Å². The van der Waals surface area contributed by atoms with Crippen LogP contribution in [0.25, 0.3) is 0 Å². The van der Waals surface area contributed by atoms with Crippen LogP contribution in [0.4, 0.5) is 24.5 Å². The van der Waals surface area contributed by atoms with Gasteiger partial charge in [0.05, 0.1) is 23.1 Å². The minimum absolute atomic E-state index is 0.209. The Morgan fingerprint density at radius 1 is 1.08 bits per heavy atom. The molecular formula is C17H17F3N4O. The first-order chi connectivity index (χ1) is 12.0. The zero-order chi connectivity index (χ0) is 18.0. The van der Waals surface area contributed by atoms with E-state index in [1.807, 2.05) is 7.05 Å². The Hall–Kier alpha value is -2.61. The van der Waals surface area contributed by atoms with Crippen molar-refractivity contribution in [3.63, 3.8) is 0 Å². The zero-order valence-electron chi connectivity index (χ0n) is 13.6. The number of pyridine rings is 1. The van der Waals surface area contributed by atoms with Gasteiger partial charge in [-0.25, -0.2) is 13.2 Å². The lowest BCUT2D eigenvalue weighted by Gasteiger charge is -2.33. The monoisotopic (exact) mass is 350 g/mol. The van der Waals surface area contributed by atoms with E-state index in [0.29, 0.717) is 0 Å². The number of aromatic nitrogens is 1. The number of amides is 1. The molecule has 0 unspecified atom stereocenters. The predicted molar refractivity (Wildman–Crippen MR) is 88.2 cm³/mol. The van der Waals surface area contributed by atoms with Gasteiger partial charge in [0.25, 0.3) is 5.91 Å². The third-order valence-electron chi connectivity index (χ3n) is 4.14. The second-order valence-corrected chi connectivity index (χ2v) is 5.90. The number of anilines is 2. The number of likely N-dealkylation sites (N-methyl/N-ethyl adjacent to an activating group) is 1. The fraction of sp³-hybridized carbons (Fsp3) is 0.294. The number of hydrogen-bond donors (Lipinski definition) is 1. The molecule has 3 rings (SSSR count). The van der Waals surface area contributed by atoms with Gasteiger partial charge in [-0.3, -0.25) is 9.78 Å². The van der Waals surface area contributed by atoms with Crippen molar-refractivity contribution in [2.45, 2.75) is 0 Å². The Balaban J connectivity index is 1.77. The van der Waals surface area contributed by atoms with Crippen molar-refractivity contribution < 1.29 is 18.0 Å². The number of carbonyl (C=O) groups excluding carboxylic acids is 1. The van der Waals surface area contributed by atoms with Gasteiger partial charge in [-0.1, -0.05) is 0 Å². The van der Waals surface area contributed by atoms with Gasteiger partial charge in [-0.2, -0.15) is 0 Å². The van der Waals surface area contributed by atoms with Gasteiger partial charge in [0, 0.05) is 32.4 Å². The molecule has 5 nitrogen and oxygen atoms in total. The van der Waals surface area contributed by atoms with Crippen LogP contribution < -0.4 is 10.2 Å². The van der Waals surface area contributed by atoms with Crippen molar-refractivity contribution in [3.05, 3.63) is 53.6 Å². The van der Waals surface area contributed by atoms with Gasteiger partial charge < -0.3 is 15.1 Å². The molecule has 0 saturated carbocycles. The van der Waals surface area contributed by atoms with Gasteiger partial charge in [0.1, 0.15) is 0 Å². The molecule has 2 aromatic rings. The lowest BCUT2D eigenvalue weighted by molar-refractivity contribution is 0.102.